The highest BCUT2D eigenvalue weighted by Gasteiger charge is 2.25. The van der Waals surface area contributed by atoms with Crippen molar-refractivity contribution < 1.29 is 0 Å². The first-order valence-electron chi connectivity index (χ1n) is 4.33. The molecule has 12 heavy (non-hydrogen) atoms. The van der Waals surface area contributed by atoms with Crippen LogP contribution in [0.2, 0.25) is 0 Å². The number of aryl methyl sites for hydroxylation is 1. The molecular formula is C9H13N3. The van der Waals surface area contributed by atoms with Crippen molar-refractivity contribution in [2.45, 2.75) is 25.7 Å². The van der Waals surface area contributed by atoms with Crippen molar-refractivity contribution in [2.75, 3.05) is 12.4 Å². The fourth-order valence-corrected chi connectivity index (χ4v) is 1.33. The first kappa shape index (κ1) is 7.53. The van der Waals surface area contributed by atoms with Crippen LogP contribution >= 0.6 is 0 Å². The number of rotatable bonds is 2. The van der Waals surface area contributed by atoms with Crippen LogP contribution in [0.1, 0.15) is 30.0 Å². The number of hydrogen-bond acceptors (Lipinski definition) is 3. The molecule has 0 atom stereocenters. The van der Waals surface area contributed by atoms with Crippen molar-refractivity contribution in [1.82, 2.24) is 10.2 Å². The van der Waals surface area contributed by atoms with Crippen LogP contribution in [-0.2, 0) is 0 Å². The molecule has 0 saturated heterocycles. The van der Waals surface area contributed by atoms with Crippen LogP contribution in [-0.4, -0.2) is 17.2 Å². The summed E-state index contributed by atoms with van der Waals surface area (Å²) in [6.45, 7) is 2.06. The number of anilines is 1. The third-order valence-electron chi connectivity index (χ3n) is 2.24. The number of aromatic nitrogens is 2. The summed E-state index contributed by atoms with van der Waals surface area (Å²) >= 11 is 0. The third kappa shape index (κ3) is 1.26. The molecule has 0 amide bonds. The third-order valence-corrected chi connectivity index (χ3v) is 2.24. The second-order valence-electron chi connectivity index (χ2n) is 3.33. The van der Waals surface area contributed by atoms with Gasteiger partial charge in [-0.25, -0.2) is 0 Å². The van der Waals surface area contributed by atoms with E-state index in [0.717, 1.165) is 11.5 Å². The van der Waals surface area contributed by atoms with Crippen molar-refractivity contribution in [3.63, 3.8) is 0 Å². The van der Waals surface area contributed by atoms with E-state index in [0.29, 0.717) is 5.92 Å². The van der Waals surface area contributed by atoms with Crippen LogP contribution in [0.5, 0.6) is 0 Å². The van der Waals surface area contributed by atoms with Gasteiger partial charge in [0, 0.05) is 13.0 Å². The lowest BCUT2D eigenvalue weighted by Crippen LogP contribution is -2.00. The van der Waals surface area contributed by atoms with Gasteiger partial charge in [-0.3, -0.25) is 0 Å². The monoisotopic (exact) mass is 163 g/mol. The fraction of sp³-hybridized carbons (Fsp3) is 0.556. The summed E-state index contributed by atoms with van der Waals surface area (Å²) in [7, 11) is 1.87. The zero-order chi connectivity index (χ0) is 8.55. The van der Waals surface area contributed by atoms with E-state index in [2.05, 4.69) is 28.5 Å². The second-order valence-corrected chi connectivity index (χ2v) is 3.33. The summed E-state index contributed by atoms with van der Waals surface area (Å²) in [6.07, 6.45) is 2.57. The normalized spacial score (nSPS) is 16.2. The molecule has 0 radical (unpaired) electrons. The molecule has 1 aromatic heterocycles. The summed E-state index contributed by atoms with van der Waals surface area (Å²) in [4.78, 5) is 0. The van der Waals surface area contributed by atoms with Gasteiger partial charge in [-0.15, -0.1) is 5.10 Å². The van der Waals surface area contributed by atoms with Crippen molar-refractivity contribution in [3.8, 4) is 0 Å². The fourth-order valence-electron chi connectivity index (χ4n) is 1.33. The molecule has 1 aromatic rings. The van der Waals surface area contributed by atoms with Gasteiger partial charge in [0.05, 0.1) is 5.69 Å². The molecule has 0 aliphatic heterocycles. The number of hydrogen-bond donors (Lipinski definition) is 1. The lowest BCUT2D eigenvalue weighted by Gasteiger charge is -2.03. The summed E-state index contributed by atoms with van der Waals surface area (Å²) in [5.74, 6) is 1.58. The van der Waals surface area contributed by atoms with E-state index in [-0.39, 0.29) is 0 Å². The largest absolute Gasteiger partial charge is 0.371 e. The summed E-state index contributed by atoms with van der Waals surface area (Å²) < 4.78 is 0. The highest BCUT2D eigenvalue weighted by atomic mass is 15.2. The standard InChI is InChI=1S/C9H13N3/c1-6-5-8(7-3-4-7)11-12-9(6)10-2/h5,7H,3-4H2,1-2H3,(H,10,12). The molecule has 3 nitrogen and oxygen atoms in total. The van der Waals surface area contributed by atoms with Gasteiger partial charge < -0.3 is 5.32 Å². The number of nitrogens with one attached hydrogen (secondary N) is 1. The molecule has 2 rings (SSSR count). The number of nitrogens with zero attached hydrogens (tertiary/aromatic N) is 2. The van der Waals surface area contributed by atoms with Crippen molar-refractivity contribution in [1.29, 1.82) is 0 Å². The Morgan fingerprint density at radius 2 is 2.17 bits per heavy atom. The Balaban J connectivity index is 2.30. The van der Waals surface area contributed by atoms with Gasteiger partial charge >= 0.3 is 0 Å². The second kappa shape index (κ2) is 2.73. The van der Waals surface area contributed by atoms with Crippen molar-refractivity contribution >= 4 is 5.82 Å². The Hall–Kier alpha value is -1.12. The van der Waals surface area contributed by atoms with Gasteiger partial charge in [0.2, 0.25) is 0 Å². The minimum atomic E-state index is 0.696. The van der Waals surface area contributed by atoms with Crippen LogP contribution in [0.3, 0.4) is 0 Å². The van der Waals surface area contributed by atoms with E-state index in [1.54, 1.807) is 0 Å². The molecule has 1 saturated carbocycles. The molecule has 1 heterocycles. The molecule has 1 N–H and O–H groups in total. The molecular weight excluding hydrogens is 150 g/mol. The Bertz CT molecular complexity index is 292. The van der Waals surface area contributed by atoms with E-state index in [1.165, 1.54) is 18.4 Å². The van der Waals surface area contributed by atoms with Crippen LogP contribution in [0, 0.1) is 6.92 Å². The quantitative estimate of drug-likeness (QED) is 0.721. The predicted octanol–water partition coefficient (Wildman–Crippen LogP) is 1.70. The van der Waals surface area contributed by atoms with Gasteiger partial charge in [0.25, 0.3) is 0 Å². The Kier molecular flexibility index (Phi) is 1.71. The van der Waals surface area contributed by atoms with Crippen molar-refractivity contribution in [2.24, 2.45) is 0 Å². The molecule has 64 valence electrons. The highest BCUT2D eigenvalue weighted by molar-refractivity contribution is 5.42. The van der Waals surface area contributed by atoms with E-state index >= 15 is 0 Å². The molecule has 0 bridgehead atoms. The van der Waals surface area contributed by atoms with E-state index in [9.17, 15) is 0 Å². The molecule has 0 unspecified atom stereocenters. The molecule has 0 spiro atoms. The van der Waals surface area contributed by atoms with E-state index < -0.39 is 0 Å². The predicted molar refractivity (Wildman–Crippen MR) is 48.3 cm³/mol. The lowest BCUT2D eigenvalue weighted by molar-refractivity contribution is 0.904. The molecule has 1 fully saturated rings. The minimum Gasteiger partial charge on any atom is -0.371 e. The van der Waals surface area contributed by atoms with E-state index in [4.69, 9.17) is 0 Å². The lowest BCUT2D eigenvalue weighted by atomic mass is 10.2. The van der Waals surface area contributed by atoms with E-state index in [1.807, 2.05) is 7.05 Å². The topological polar surface area (TPSA) is 37.8 Å². The van der Waals surface area contributed by atoms with Crippen LogP contribution < -0.4 is 5.32 Å². The summed E-state index contributed by atoms with van der Waals surface area (Å²) in [5, 5.41) is 11.3. The van der Waals surface area contributed by atoms with Gasteiger partial charge in [0.15, 0.2) is 5.82 Å². The summed E-state index contributed by atoms with van der Waals surface area (Å²) in [5.41, 5.74) is 2.35. The first-order valence-corrected chi connectivity index (χ1v) is 4.33. The zero-order valence-electron chi connectivity index (χ0n) is 7.46. The van der Waals surface area contributed by atoms with Gasteiger partial charge in [-0.05, 0) is 31.4 Å². The highest BCUT2D eigenvalue weighted by Crippen LogP contribution is 2.39. The van der Waals surface area contributed by atoms with Crippen molar-refractivity contribution in [3.05, 3.63) is 17.3 Å². The Morgan fingerprint density at radius 1 is 1.42 bits per heavy atom. The van der Waals surface area contributed by atoms with Crippen LogP contribution in [0.25, 0.3) is 0 Å². The molecule has 1 aliphatic carbocycles. The first-order chi connectivity index (χ1) is 5.81. The SMILES string of the molecule is CNc1nnc(C2CC2)cc1C. The minimum absolute atomic E-state index is 0.696. The average molecular weight is 163 g/mol. The van der Waals surface area contributed by atoms with Crippen LogP contribution in [0.15, 0.2) is 6.07 Å². The maximum Gasteiger partial charge on any atom is 0.151 e. The molecule has 3 heteroatoms. The Morgan fingerprint density at radius 3 is 2.67 bits per heavy atom. The maximum atomic E-state index is 4.16. The van der Waals surface area contributed by atoms with Gasteiger partial charge in [-0.2, -0.15) is 5.10 Å². The van der Waals surface area contributed by atoms with Gasteiger partial charge in [0.1, 0.15) is 0 Å². The summed E-state index contributed by atoms with van der Waals surface area (Å²) in [6, 6.07) is 2.14. The van der Waals surface area contributed by atoms with Gasteiger partial charge in [-0.1, -0.05) is 0 Å². The average Bonchev–Trinajstić information content (AvgIpc) is 2.86. The molecule has 0 aromatic carbocycles. The van der Waals surface area contributed by atoms with Crippen LogP contribution in [0.4, 0.5) is 5.82 Å². The Labute approximate surface area is 72.2 Å². The zero-order valence-corrected chi connectivity index (χ0v) is 7.46. The molecule has 1 aliphatic rings. The smallest absolute Gasteiger partial charge is 0.151 e. The maximum absolute atomic E-state index is 4.16.